The molecule has 1 rings (SSSR count). The second-order valence-corrected chi connectivity index (χ2v) is 4.11. The zero-order valence-corrected chi connectivity index (χ0v) is 10.9. The largest absolute Gasteiger partial charge is 0.364 e. The molecular formula is C14H20ClN. The standard InChI is InChI=1S/C14H19N.ClH/c1-12(2)10-15(11-13(3)4)14-8-6-5-7-9-14;/h5-9H,1,3,10-11H2,2,4H3;1H. The Morgan fingerprint density at radius 3 is 1.81 bits per heavy atom. The van der Waals surface area contributed by atoms with E-state index in [2.05, 4.69) is 42.3 Å². The van der Waals surface area contributed by atoms with Crippen LogP contribution in [-0.4, -0.2) is 13.1 Å². The van der Waals surface area contributed by atoms with E-state index in [1.807, 2.05) is 19.9 Å². The van der Waals surface area contributed by atoms with Crippen molar-refractivity contribution < 1.29 is 0 Å². The Balaban J connectivity index is 0.00000225. The number of halogens is 1. The number of hydrogen-bond acceptors (Lipinski definition) is 1. The smallest absolute Gasteiger partial charge is 0.0387 e. The third-order valence-corrected chi connectivity index (χ3v) is 2.04. The van der Waals surface area contributed by atoms with Gasteiger partial charge in [0, 0.05) is 18.8 Å². The fourth-order valence-corrected chi connectivity index (χ4v) is 1.53. The number of nitrogens with zero attached hydrogens (tertiary/aromatic N) is 1. The molecule has 16 heavy (non-hydrogen) atoms. The molecule has 0 atom stereocenters. The summed E-state index contributed by atoms with van der Waals surface area (Å²) in [5, 5.41) is 0. The van der Waals surface area contributed by atoms with Gasteiger partial charge >= 0.3 is 0 Å². The lowest BCUT2D eigenvalue weighted by Crippen LogP contribution is -2.26. The van der Waals surface area contributed by atoms with Crippen LogP contribution >= 0.6 is 12.4 Å². The highest BCUT2D eigenvalue weighted by Gasteiger charge is 2.05. The Kier molecular flexibility index (Phi) is 6.59. The number of anilines is 1. The summed E-state index contributed by atoms with van der Waals surface area (Å²) in [6, 6.07) is 10.4. The summed E-state index contributed by atoms with van der Waals surface area (Å²) in [5.74, 6) is 0. The fourth-order valence-electron chi connectivity index (χ4n) is 1.53. The van der Waals surface area contributed by atoms with Crippen molar-refractivity contribution in [3.8, 4) is 0 Å². The molecule has 0 unspecified atom stereocenters. The van der Waals surface area contributed by atoms with E-state index in [1.165, 1.54) is 16.8 Å². The topological polar surface area (TPSA) is 3.24 Å². The van der Waals surface area contributed by atoms with Crippen molar-refractivity contribution in [2.24, 2.45) is 0 Å². The van der Waals surface area contributed by atoms with Crippen LogP contribution < -0.4 is 4.90 Å². The summed E-state index contributed by atoms with van der Waals surface area (Å²) in [6.07, 6.45) is 0. The minimum absolute atomic E-state index is 0. The molecule has 88 valence electrons. The summed E-state index contributed by atoms with van der Waals surface area (Å²) in [5.41, 5.74) is 3.56. The second kappa shape index (κ2) is 7.13. The molecule has 0 aromatic heterocycles. The molecule has 0 spiro atoms. The van der Waals surface area contributed by atoms with E-state index in [-0.39, 0.29) is 12.4 Å². The van der Waals surface area contributed by atoms with Crippen molar-refractivity contribution >= 4 is 18.1 Å². The quantitative estimate of drug-likeness (QED) is 0.698. The molecule has 0 saturated carbocycles. The molecule has 0 bridgehead atoms. The van der Waals surface area contributed by atoms with Crippen LogP contribution in [0.4, 0.5) is 5.69 Å². The van der Waals surface area contributed by atoms with Gasteiger partial charge in [-0.3, -0.25) is 0 Å². The second-order valence-electron chi connectivity index (χ2n) is 4.11. The van der Waals surface area contributed by atoms with Crippen molar-refractivity contribution in [2.45, 2.75) is 13.8 Å². The Labute approximate surface area is 105 Å². The van der Waals surface area contributed by atoms with E-state index >= 15 is 0 Å². The predicted molar refractivity (Wildman–Crippen MR) is 75.5 cm³/mol. The van der Waals surface area contributed by atoms with E-state index in [1.54, 1.807) is 0 Å². The van der Waals surface area contributed by atoms with Crippen LogP contribution in [0.2, 0.25) is 0 Å². The average Bonchev–Trinajstić information content (AvgIpc) is 2.17. The molecular weight excluding hydrogens is 218 g/mol. The van der Waals surface area contributed by atoms with Crippen LogP contribution in [0, 0.1) is 0 Å². The molecule has 1 aromatic rings. The third kappa shape index (κ3) is 5.04. The zero-order valence-electron chi connectivity index (χ0n) is 10.1. The molecule has 0 fully saturated rings. The number of hydrogen-bond donors (Lipinski definition) is 0. The number of benzene rings is 1. The molecule has 0 amide bonds. The maximum Gasteiger partial charge on any atom is 0.0387 e. The third-order valence-electron chi connectivity index (χ3n) is 2.04. The number of para-hydroxylation sites is 1. The Morgan fingerprint density at radius 1 is 1.00 bits per heavy atom. The molecule has 0 aliphatic rings. The van der Waals surface area contributed by atoms with Gasteiger partial charge in [0.15, 0.2) is 0 Å². The van der Waals surface area contributed by atoms with Gasteiger partial charge in [0.1, 0.15) is 0 Å². The van der Waals surface area contributed by atoms with Gasteiger partial charge < -0.3 is 4.90 Å². The SMILES string of the molecule is C=C(C)CN(CC(=C)C)c1ccccc1.Cl. The summed E-state index contributed by atoms with van der Waals surface area (Å²) in [7, 11) is 0. The number of rotatable bonds is 5. The maximum absolute atomic E-state index is 3.96. The molecule has 0 radical (unpaired) electrons. The molecule has 2 heteroatoms. The average molecular weight is 238 g/mol. The first-order valence-electron chi connectivity index (χ1n) is 5.18. The summed E-state index contributed by atoms with van der Waals surface area (Å²) in [6.45, 7) is 13.8. The van der Waals surface area contributed by atoms with Crippen molar-refractivity contribution in [3.05, 3.63) is 54.6 Å². The highest BCUT2D eigenvalue weighted by Crippen LogP contribution is 2.15. The van der Waals surface area contributed by atoms with Crippen molar-refractivity contribution in [3.63, 3.8) is 0 Å². The minimum atomic E-state index is 0. The highest BCUT2D eigenvalue weighted by atomic mass is 35.5. The highest BCUT2D eigenvalue weighted by molar-refractivity contribution is 5.85. The van der Waals surface area contributed by atoms with E-state index in [0.717, 1.165) is 13.1 Å². The van der Waals surface area contributed by atoms with Gasteiger partial charge in [0.2, 0.25) is 0 Å². The van der Waals surface area contributed by atoms with Crippen molar-refractivity contribution in [1.29, 1.82) is 0 Å². The summed E-state index contributed by atoms with van der Waals surface area (Å²) in [4.78, 5) is 2.28. The maximum atomic E-state index is 3.96. The monoisotopic (exact) mass is 237 g/mol. The van der Waals surface area contributed by atoms with Crippen LogP contribution in [0.25, 0.3) is 0 Å². The molecule has 0 aliphatic heterocycles. The normalized spacial score (nSPS) is 9.12. The van der Waals surface area contributed by atoms with Gasteiger partial charge in [-0.25, -0.2) is 0 Å². The van der Waals surface area contributed by atoms with Gasteiger partial charge in [-0.05, 0) is 26.0 Å². The molecule has 0 N–H and O–H groups in total. The van der Waals surface area contributed by atoms with E-state index in [0.29, 0.717) is 0 Å². The minimum Gasteiger partial charge on any atom is -0.364 e. The van der Waals surface area contributed by atoms with Crippen molar-refractivity contribution in [1.82, 2.24) is 0 Å². The van der Waals surface area contributed by atoms with Gasteiger partial charge in [-0.1, -0.05) is 42.5 Å². The van der Waals surface area contributed by atoms with Crippen LogP contribution in [0.5, 0.6) is 0 Å². The first kappa shape index (κ1) is 14.8. The van der Waals surface area contributed by atoms with Gasteiger partial charge in [-0.15, -0.1) is 12.4 Å². The van der Waals surface area contributed by atoms with E-state index < -0.39 is 0 Å². The first-order chi connectivity index (χ1) is 7.09. The Hall–Kier alpha value is -1.21. The molecule has 0 saturated heterocycles. The fraction of sp³-hybridized carbons (Fsp3) is 0.286. The van der Waals surface area contributed by atoms with E-state index in [4.69, 9.17) is 0 Å². The van der Waals surface area contributed by atoms with Crippen LogP contribution in [0.3, 0.4) is 0 Å². The first-order valence-corrected chi connectivity index (χ1v) is 5.18. The lowest BCUT2D eigenvalue weighted by atomic mass is 10.2. The summed E-state index contributed by atoms with van der Waals surface area (Å²) < 4.78 is 0. The van der Waals surface area contributed by atoms with E-state index in [9.17, 15) is 0 Å². The Bertz CT molecular complexity index is 327. The van der Waals surface area contributed by atoms with Crippen LogP contribution in [-0.2, 0) is 0 Å². The lowest BCUT2D eigenvalue weighted by molar-refractivity contribution is 0.895. The lowest BCUT2D eigenvalue weighted by Gasteiger charge is -2.25. The van der Waals surface area contributed by atoms with Gasteiger partial charge in [0.05, 0.1) is 0 Å². The van der Waals surface area contributed by atoms with Crippen LogP contribution in [0.15, 0.2) is 54.6 Å². The Morgan fingerprint density at radius 2 is 1.44 bits per heavy atom. The van der Waals surface area contributed by atoms with Gasteiger partial charge in [-0.2, -0.15) is 0 Å². The van der Waals surface area contributed by atoms with Crippen LogP contribution in [0.1, 0.15) is 13.8 Å². The molecule has 1 aromatic carbocycles. The van der Waals surface area contributed by atoms with Crippen molar-refractivity contribution in [2.75, 3.05) is 18.0 Å². The zero-order chi connectivity index (χ0) is 11.3. The predicted octanol–water partition coefficient (Wildman–Crippen LogP) is 4.07. The molecule has 0 heterocycles. The van der Waals surface area contributed by atoms with Gasteiger partial charge in [0.25, 0.3) is 0 Å². The summed E-state index contributed by atoms with van der Waals surface area (Å²) >= 11 is 0. The molecule has 1 nitrogen and oxygen atoms in total. The molecule has 0 aliphatic carbocycles.